The van der Waals surface area contributed by atoms with Crippen molar-refractivity contribution in [1.29, 1.82) is 0 Å². The molecule has 0 aromatic heterocycles. The molecule has 0 N–H and O–H groups in total. The minimum atomic E-state index is -4.25. The summed E-state index contributed by atoms with van der Waals surface area (Å²) in [5.41, 5.74) is 2.12. The van der Waals surface area contributed by atoms with Gasteiger partial charge in [0.05, 0.1) is 5.02 Å². The topological polar surface area (TPSA) is 51.2 Å². The van der Waals surface area contributed by atoms with Gasteiger partial charge in [-0.3, -0.25) is 9.59 Å². The molecule has 148 valence electrons. The third kappa shape index (κ3) is 3.73. The van der Waals surface area contributed by atoms with Crippen molar-refractivity contribution in [2.75, 3.05) is 0 Å². The molecule has 0 fully saturated rings. The Bertz CT molecular complexity index is 1120. The maximum absolute atomic E-state index is 14.5. The summed E-state index contributed by atoms with van der Waals surface area (Å²) in [7, 11) is -4.25. The summed E-state index contributed by atoms with van der Waals surface area (Å²) in [5, 5.41) is 0.285. The van der Waals surface area contributed by atoms with Gasteiger partial charge in [-0.15, -0.1) is 0 Å². The van der Waals surface area contributed by atoms with E-state index in [0.29, 0.717) is 22.3 Å². The molecule has 3 aromatic carbocycles. The molecule has 3 nitrogen and oxygen atoms in total. The molecule has 0 saturated carbocycles. The Balaban J connectivity index is 2.35. The minimum Gasteiger partial charge on any atom is -0.302 e. The van der Waals surface area contributed by atoms with Gasteiger partial charge in [-0.1, -0.05) is 71.8 Å². The summed E-state index contributed by atoms with van der Waals surface area (Å²) in [6.45, 7) is 7.24. The van der Waals surface area contributed by atoms with Crippen molar-refractivity contribution in [1.82, 2.24) is 0 Å². The van der Waals surface area contributed by atoms with E-state index in [-0.39, 0.29) is 15.9 Å². The third-order valence-electron chi connectivity index (χ3n) is 4.99. The van der Waals surface area contributed by atoms with E-state index in [2.05, 4.69) is 0 Å². The number of carbonyl (C=O) groups excluding carboxylic acids is 2. The molecule has 0 radical (unpaired) electrons. The average molecular weight is 425 g/mol. The van der Waals surface area contributed by atoms with E-state index in [1.807, 2.05) is 19.1 Å². The average Bonchev–Trinajstić information content (AvgIpc) is 2.66. The molecule has 1 atom stereocenters. The van der Waals surface area contributed by atoms with Gasteiger partial charge in [0.25, 0.3) is 0 Å². The number of hydrogen-bond acceptors (Lipinski definition) is 3. The second-order valence-electron chi connectivity index (χ2n) is 7.26. The summed E-state index contributed by atoms with van der Waals surface area (Å²) in [5.74, 6) is 0. The van der Waals surface area contributed by atoms with Gasteiger partial charge in [0.1, 0.15) is 0 Å². The Morgan fingerprint density at radius 3 is 1.90 bits per heavy atom. The highest BCUT2D eigenvalue weighted by Crippen LogP contribution is 2.53. The fourth-order valence-electron chi connectivity index (χ4n) is 3.75. The van der Waals surface area contributed by atoms with Gasteiger partial charge >= 0.3 is 0 Å². The SMILES string of the molecule is Cc1cc(C)c(C(=O)P(=O)(C(=O)c2ccccc2)c2c(C)cccc2Cl)c(C)c1. The smallest absolute Gasteiger partial charge is 0.250 e. The van der Waals surface area contributed by atoms with E-state index in [9.17, 15) is 14.2 Å². The van der Waals surface area contributed by atoms with Crippen LogP contribution in [-0.4, -0.2) is 11.0 Å². The lowest BCUT2D eigenvalue weighted by molar-refractivity contribution is 0.104. The van der Waals surface area contributed by atoms with E-state index in [1.165, 1.54) is 0 Å². The lowest BCUT2D eigenvalue weighted by atomic mass is 10.0. The second kappa shape index (κ2) is 8.10. The van der Waals surface area contributed by atoms with Crippen molar-refractivity contribution >= 4 is 35.1 Å². The van der Waals surface area contributed by atoms with Crippen molar-refractivity contribution in [3.05, 3.63) is 99.1 Å². The molecule has 0 saturated heterocycles. The Morgan fingerprint density at radius 2 is 1.34 bits per heavy atom. The predicted octanol–water partition coefficient (Wildman–Crippen LogP) is 6.24. The Labute approximate surface area is 176 Å². The van der Waals surface area contributed by atoms with Crippen LogP contribution in [0, 0.1) is 27.7 Å². The molecular formula is C24H22ClO3P. The summed E-state index contributed by atoms with van der Waals surface area (Å²) >= 11 is 6.41. The first-order valence-electron chi connectivity index (χ1n) is 9.26. The molecule has 0 aliphatic heterocycles. The van der Waals surface area contributed by atoms with Crippen LogP contribution >= 0.6 is 18.7 Å². The van der Waals surface area contributed by atoms with Crippen LogP contribution in [0.4, 0.5) is 0 Å². The highest BCUT2D eigenvalue weighted by molar-refractivity contribution is 8.01. The number of rotatable bonds is 5. The van der Waals surface area contributed by atoms with Gasteiger partial charge in [0.15, 0.2) is 0 Å². The molecule has 0 aliphatic rings. The molecule has 3 rings (SSSR count). The molecule has 0 aliphatic carbocycles. The zero-order valence-electron chi connectivity index (χ0n) is 16.8. The normalized spacial score (nSPS) is 13.0. The maximum Gasteiger partial charge on any atom is 0.250 e. The van der Waals surface area contributed by atoms with Crippen molar-refractivity contribution in [2.24, 2.45) is 0 Å². The van der Waals surface area contributed by atoms with Crippen LogP contribution < -0.4 is 5.30 Å². The zero-order valence-corrected chi connectivity index (χ0v) is 18.5. The first kappa shape index (κ1) is 21.2. The van der Waals surface area contributed by atoms with E-state index in [1.54, 1.807) is 69.3 Å². The molecular weight excluding hydrogens is 403 g/mol. The molecule has 0 bridgehead atoms. The maximum atomic E-state index is 14.5. The van der Waals surface area contributed by atoms with Gasteiger partial charge in [-0.2, -0.15) is 0 Å². The van der Waals surface area contributed by atoms with Gasteiger partial charge < -0.3 is 4.57 Å². The molecule has 0 amide bonds. The van der Waals surface area contributed by atoms with E-state index < -0.39 is 18.2 Å². The number of benzene rings is 3. The molecule has 3 aromatic rings. The quantitative estimate of drug-likeness (QED) is 0.455. The van der Waals surface area contributed by atoms with Gasteiger partial charge in [-0.05, 0) is 50.5 Å². The van der Waals surface area contributed by atoms with E-state index in [4.69, 9.17) is 11.6 Å². The van der Waals surface area contributed by atoms with Gasteiger partial charge in [-0.25, -0.2) is 0 Å². The number of aryl methyl sites for hydroxylation is 4. The molecule has 0 spiro atoms. The third-order valence-corrected chi connectivity index (χ3v) is 8.28. The van der Waals surface area contributed by atoms with Crippen molar-refractivity contribution in [2.45, 2.75) is 27.7 Å². The van der Waals surface area contributed by atoms with Crippen LogP contribution in [0.1, 0.15) is 43.0 Å². The van der Waals surface area contributed by atoms with E-state index in [0.717, 1.165) is 5.56 Å². The summed E-state index contributed by atoms with van der Waals surface area (Å²) in [6.07, 6.45) is 0. The van der Waals surface area contributed by atoms with Crippen molar-refractivity contribution in [3.8, 4) is 0 Å². The Hall–Kier alpha value is -2.48. The molecule has 5 heteroatoms. The summed E-state index contributed by atoms with van der Waals surface area (Å²) in [4.78, 5) is 27.3. The molecule has 1 unspecified atom stereocenters. The van der Waals surface area contributed by atoms with Gasteiger partial charge in [0.2, 0.25) is 18.2 Å². The van der Waals surface area contributed by atoms with Crippen LogP contribution in [0.25, 0.3) is 0 Å². The standard InChI is InChI=1S/C24H22ClO3P/c1-15-13-17(3)21(18(4)14-15)24(27)29(28,22-16(2)9-8-12-20(22)25)23(26)19-10-6-5-7-11-19/h5-14H,1-4H3. The fourth-order valence-corrected chi connectivity index (χ4v) is 7.05. The fraction of sp³-hybridized carbons (Fsp3) is 0.167. The van der Waals surface area contributed by atoms with Crippen molar-refractivity contribution in [3.63, 3.8) is 0 Å². The Morgan fingerprint density at radius 1 is 0.759 bits per heavy atom. The highest BCUT2D eigenvalue weighted by atomic mass is 35.5. The van der Waals surface area contributed by atoms with Crippen LogP contribution in [0.3, 0.4) is 0 Å². The number of hydrogen-bond donors (Lipinski definition) is 0. The zero-order chi connectivity index (χ0) is 21.3. The van der Waals surface area contributed by atoms with Crippen LogP contribution in [0.5, 0.6) is 0 Å². The first-order valence-corrected chi connectivity index (χ1v) is 11.3. The van der Waals surface area contributed by atoms with Crippen LogP contribution in [0.2, 0.25) is 5.02 Å². The van der Waals surface area contributed by atoms with Gasteiger partial charge in [0, 0.05) is 16.4 Å². The summed E-state index contributed by atoms with van der Waals surface area (Å²) < 4.78 is 14.5. The van der Waals surface area contributed by atoms with Crippen LogP contribution in [0.15, 0.2) is 60.7 Å². The summed E-state index contributed by atoms with van der Waals surface area (Å²) in [6, 6.07) is 17.0. The number of halogens is 1. The van der Waals surface area contributed by atoms with Crippen LogP contribution in [-0.2, 0) is 4.57 Å². The molecule has 29 heavy (non-hydrogen) atoms. The lowest BCUT2D eigenvalue weighted by Crippen LogP contribution is -2.24. The number of carbonyl (C=O) groups is 2. The second-order valence-corrected chi connectivity index (χ2v) is 10.1. The first-order chi connectivity index (χ1) is 13.7. The lowest BCUT2D eigenvalue weighted by Gasteiger charge is -2.21. The van der Waals surface area contributed by atoms with E-state index >= 15 is 0 Å². The largest absolute Gasteiger partial charge is 0.302 e. The predicted molar refractivity (Wildman–Crippen MR) is 119 cm³/mol. The molecule has 0 heterocycles. The minimum absolute atomic E-state index is 0.125. The highest BCUT2D eigenvalue weighted by Gasteiger charge is 2.45. The Kier molecular flexibility index (Phi) is 5.93. The monoisotopic (exact) mass is 424 g/mol. The van der Waals surface area contributed by atoms with Crippen molar-refractivity contribution < 1.29 is 14.2 Å².